The molecule has 1 aromatic carbocycles. The summed E-state index contributed by atoms with van der Waals surface area (Å²) in [5.74, 6) is 1.63. The molecule has 0 radical (unpaired) electrons. The number of halogens is 1. The van der Waals surface area contributed by atoms with E-state index in [0.29, 0.717) is 11.8 Å². The fourth-order valence-electron chi connectivity index (χ4n) is 1.87. The zero-order chi connectivity index (χ0) is 13.8. The Labute approximate surface area is 118 Å². The number of pyridine rings is 1. The van der Waals surface area contributed by atoms with Gasteiger partial charge in [0, 0.05) is 0 Å². The third-order valence-corrected chi connectivity index (χ3v) is 3.03. The van der Waals surface area contributed by atoms with Crippen molar-refractivity contribution >= 4 is 11.6 Å². The first-order valence-corrected chi connectivity index (χ1v) is 6.37. The molecule has 2 aromatic rings. The Morgan fingerprint density at radius 1 is 1.16 bits per heavy atom. The molecule has 1 heterocycles. The van der Waals surface area contributed by atoms with Crippen molar-refractivity contribution in [2.75, 3.05) is 7.11 Å². The standard InChI is InChI=1S/C15H16ClNO2/c1-10-8-14(16)17-11(2)15(10)19-9-12-4-6-13(18-3)7-5-12/h4-8H,9H2,1-3H3. The molecule has 0 saturated heterocycles. The second kappa shape index (κ2) is 5.93. The Morgan fingerprint density at radius 3 is 2.42 bits per heavy atom. The van der Waals surface area contributed by atoms with Gasteiger partial charge in [0.05, 0.1) is 12.8 Å². The minimum atomic E-state index is 0.492. The van der Waals surface area contributed by atoms with Gasteiger partial charge in [-0.05, 0) is 43.2 Å². The van der Waals surface area contributed by atoms with Crippen LogP contribution in [0.1, 0.15) is 16.8 Å². The second-order valence-electron chi connectivity index (χ2n) is 4.31. The number of benzene rings is 1. The summed E-state index contributed by atoms with van der Waals surface area (Å²) in [6, 6.07) is 9.59. The van der Waals surface area contributed by atoms with Crippen LogP contribution in [-0.4, -0.2) is 12.1 Å². The first kappa shape index (κ1) is 13.7. The summed E-state index contributed by atoms with van der Waals surface area (Å²) >= 11 is 5.89. The first-order chi connectivity index (χ1) is 9.10. The number of nitrogens with zero attached hydrogens (tertiary/aromatic N) is 1. The highest BCUT2D eigenvalue weighted by molar-refractivity contribution is 6.29. The van der Waals surface area contributed by atoms with Gasteiger partial charge < -0.3 is 9.47 Å². The van der Waals surface area contributed by atoms with Crippen molar-refractivity contribution in [3.05, 3.63) is 52.3 Å². The van der Waals surface area contributed by atoms with Gasteiger partial charge in [0.2, 0.25) is 0 Å². The van der Waals surface area contributed by atoms with E-state index in [1.54, 1.807) is 13.2 Å². The molecular formula is C15H16ClNO2. The number of hydrogen-bond acceptors (Lipinski definition) is 3. The van der Waals surface area contributed by atoms with E-state index in [0.717, 1.165) is 28.3 Å². The fourth-order valence-corrected chi connectivity index (χ4v) is 2.16. The SMILES string of the molecule is COc1ccc(COc2c(C)cc(Cl)nc2C)cc1. The molecule has 0 spiro atoms. The molecule has 3 nitrogen and oxygen atoms in total. The van der Waals surface area contributed by atoms with Crippen LogP contribution in [0.5, 0.6) is 11.5 Å². The molecule has 0 saturated carbocycles. The molecule has 0 bridgehead atoms. The van der Waals surface area contributed by atoms with E-state index < -0.39 is 0 Å². The van der Waals surface area contributed by atoms with Crippen LogP contribution in [0.3, 0.4) is 0 Å². The van der Waals surface area contributed by atoms with Crippen molar-refractivity contribution in [2.24, 2.45) is 0 Å². The third-order valence-electron chi connectivity index (χ3n) is 2.84. The lowest BCUT2D eigenvalue weighted by Gasteiger charge is -2.12. The van der Waals surface area contributed by atoms with Crippen molar-refractivity contribution in [1.29, 1.82) is 0 Å². The normalized spacial score (nSPS) is 10.3. The lowest BCUT2D eigenvalue weighted by atomic mass is 10.2. The minimum absolute atomic E-state index is 0.492. The Bertz CT molecular complexity index is 544. The van der Waals surface area contributed by atoms with Crippen molar-refractivity contribution in [3.63, 3.8) is 0 Å². The number of aryl methyl sites for hydroxylation is 2. The number of rotatable bonds is 4. The zero-order valence-electron chi connectivity index (χ0n) is 11.2. The van der Waals surface area contributed by atoms with Gasteiger partial charge in [-0.3, -0.25) is 0 Å². The van der Waals surface area contributed by atoms with Crippen LogP contribution in [0.15, 0.2) is 30.3 Å². The van der Waals surface area contributed by atoms with Crippen LogP contribution in [-0.2, 0) is 6.61 Å². The molecule has 0 N–H and O–H groups in total. The van der Waals surface area contributed by atoms with Crippen molar-refractivity contribution in [3.8, 4) is 11.5 Å². The van der Waals surface area contributed by atoms with Gasteiger partial charge >= 0.3 is 0 Å². The minimum Gasteiger partial charge on any atom is -0.497 e. The molecule has 0 atom stereocenters. The highest BCUT2D eigenvalue weighted by Crippen LogP contribution is 2.25. The van der Waals surface area contributed by atoms with Gasteiger partial charge in [-0.25, -0.2) is 4.98 Å². The van der Waals surface area contributed by atoms with E-state index in [4.69, 9.17) is 21.1 Å². The highest BCUT2D eigenvalue weighted by Gasteiger charge is 2.07. The van der Waals surface area contributed by atoms with Crippen LogP contribution < -0.4 is 9.47 Å². The van der Waals surface area contributed by atoms with Gasteiger partial charge in [-0.15, -0.1) is 0 Å². The van der Waals surface area contributed by atoms with Crippen molar-refractivity contribution in [1.82, 2.24) is 4.98 Å². The molecule has 0 aliphatic carbocycles. The van der Waals surface area contributed by atoms with Gasteiger partial charge in [-0.2, -0.15) is 0 Å². The Balaban J connectivity index is 2.10. The van der Waals surface area contributed by atoms with Crippen molar-refractivity contribution < 1.29 is 9.47 Å². The van der Waals surface area contributed by atoms with Crippen LogP contribution >= 0.6 is 11.6 Å². The Kier molecular flexibility index (Phi) is 4.27. The van der Waals surface area contributed by atoms with E-state index in [9.17, 15) is 0 Å². The molecule has 1 aromatic heterocycles. The Hall–Kier alpha value is -1.74. The quantitative estimate of drug-likeness (QED) is 0.793. The van der Waals surface area contributed by atoms with Gasteiger partial charge in [0.25, 0.3) is 0 Å². The zero-order valence-corrected chi connectivity index (χ0v) is 12.0. The monoisotopic (exact) mass is 277 g/mol. The molecule has 0 amide bonds. The summed E-state index contributed by atoms with van der Waals surface area (Å²) in [7, 11) is 1.65. The third kappa shape index (κ3) is 3.38. The van der Waals surface area contributed by atoms with Gasteiger partial charge in [0.1, 0.15) is 23.3 Å². The average molecular weight is 278 g/mol. The van der Waals surface area contributed by atoms with E-state index >= 15 is 0 Å². The first-order valence-electron chi connectivity index (χ1n) is 5.99. The van der Waals surface area contributed by atoms with E-state index in [-0.39, 0.29) is 0 Å². The summed E-state index contributed by atoms with van der Waals surface area (Å²) in [4.78, 5) is 4.19. The molecule has 0 aliphatic heterocycles. The summed E-state index contributed by atoms with van der Waals surface area (Å²) < 4.78 is 10.9. The summed E-state index contributed by atoms with van der Waals surface area (Å²) in [6.45, 7) is 4.35. The predicted octanol–water partition coefficient (Wildman–Crippen LogP) is 3.94. The maximum Gasteiger partial charge on any atom is 0.144 e. The second-order valence-corrected chi connectivity index (χ2v) is 4.70. The molecule has 0 fully saturated rings. The van der Waals surface area contributed by atoms with Gasteiger partial charge in [0.15, 0.2) is 0 Å². The summed E-state index contributed by atoms with van der Waals surface area (Å²) in [5.41, 5.74) is 2.87. The molecular weight excluding hydrogens is 262 g/mol. The summed E-state index contributed by atoms with van der Waals surface area (Å²) in [6.07, 6.45) is 0. The lowest BCUT2D eigenvalue weighted by molar-refractivity contribution is 0.300. The van der Waals surface area contributed by atoms with Crippen LogP contribution in [0, 0.1) is 13.8 Å². The predicted molar refractivity (Wildman–Crippen MR) is 76.0 cm³/mol. The van der Waals surface area contributed by atoms with Crippen LogP contribution in [0.25, 0.3) is 0 Å². The fraction of sp³-hybridized carbons (Fsp3) is 0.267. The number of aromatic nitrogens is 1. The Morgan fingerprint density at radius 2 is 1.84 bits per heavy atom. The average Bonchev–Trinajstić information content (AvgIpc) is 2.38. The molecule has 0 unspecified atom stereocenters. The lowest BCUT2D eigenvalue weighted by Crippen LogP contribution is -2.00. The van der Waals surface area contributed by atoms with Crippen molar-refractivity contribution in [2.45, 2.75) is 20.5 Å². The van der Waals surface area contributed by atoms with Crippen LogP contribution in [0.2, 0.25) is 5.15 Å². The van der Waals surface area contributed by atoms with Gasteiger partial charge in [-0.1, -0.05) is 23.7 Å². The number of ether oxygens (including phenoxy) is 2. The molecule has 2 rings (SSSR count). The highest BCUT2D eigenvalue weighted by atomic mass is 35.5. The smallest absolute Gasteiger partial charge is 0.144 e. The van der Waals surface area contributed by atoms with E-state index in [2.05, 4.69) is 4.98 Å². The molecule has 19 heavy (non-hydrogen) atoms. The molecule has 100 valence electrons. The van der Waals surface area contributed by atoms with Crippen LogP contribution in [0.4, 0.5) is 0 Å². The molecule has 4 heteroatoms. The largest absolute Gasteiger partial charge is 0.497 e. The van der Waals surface area contributed by atoms with E-state index in [1.807, 2.05) is 38.1 Å². The summed E-state index contributed by atoms with van der Waals surface area (Å²) in [5, 5.41) is 0.492. The van der Waals surface area contributed by atoms with E-state index in [1.165, 1.54) is 0 Å². The topological polar surface area (TPSA) is 31.4 Å². The number of methoxy groups -OCH3 is 1. The number of hydrogen-bond donors (Lipinski definition) is 0. The maximum absolute atomic E-state index is 5.89. The molecule has 0 aliphatic rings. The maximum atomic E-state index is 5.89.